The van der Waals surface area contributed by atoms with Gasteiger partial charge in [0.2, 0.25) is 5.91 Å². The van der Waals surface area contributed by atoms with E-state index in [1.54, 1.807) is 27.2 Å². The molecule has 0 aliphatic rings. The fraction of sp³-hybridized carbons (Fsp3) is 0.333. The Hall–Kier alpha value is -2.50. The zero-order chi connectivity index (χ0) is 15.2. The molecule has 0 unspecified atom stereocenters. The molecule has 1 N–H and O–H groups in total. The second-order valence-electron chi connectivity index (χ2n) is 4.56. The molecule has 0 aliphatic heterocycles. The van der Waals surface area contributed by atoms with E-state index in [0.29, 0.717) is 35.9 Å². The number of hydrogen-bond acceptors (Lipinski definition) is 5. The van der Waals surface area contributed by atoms with Crippen molar-refractivity contribution >= 4 is 11.7 Å². The zero-order valence-electron chi connectivity index (χ0n) is 12.3. The number of nitrogens with zero attached hydrogens (tertiary/aromatic N) is 1. The highest BCUT2D eigenvalue weighted by molar-refractivity contribution is 5.89. The van der Waals surface area contributed by atoms with Gasteiger partial charge in [0.1, 0.15) is 5.76 Å². The second-order valence-corrected chi connectivity index (χ2v) is 4.56. The van der Waals surface area contributed by atoms with Gasteiger partial charge in [0, 0.05) is 12.5 Å². The van der Waals surface area contributed by atoms with Crippen LogP contribution in [0.4, 0.5) is 5.82 Å². The lowest BCUT2D eigenvalue weighted by Gasteiger charge is -2.09. The molecular formula is C15H18N2O4. The number of methoxy groups -OCH3 is 2. The highest BCUT2D eigenvalue weighted by atomic mass is 16.5. The molecule has 6 nitrogen and oxygen atoms in total. The third kappa shape index (κ3) is 3.98. The Labute approximate surface area is 123 Å². The van der Waals surface area contributed by atoms with Gasteiger partial charge in [0.05, 0.1) is 14.2 Å². The summed E-state index contributed by atoms with van der Waals surface area (Å²) in [7, 11) is 3.17. The summed E-state index contributed by atoms with van der Waals surface area (Å²) >= 11 is 0. The lowest BCUT2D eigenvalue weighted by atomic mass is 10.1. The van der Waals surface area contributed by atoms with Gasteiger partial charge >= 0.3 is 0 Å². The molecule has 1 aromatic carbocycles. The molecule has 1 amide bonds. The Balaban J connectivity index is 1.91. The van der Waals surface area contributed by atoms with Crippen molar-refractivity contribution < 1.29 is 18.8 Å². The third-order valence-electron chi connectivity index (χ3n) is 2.98. The molecule has 2 rings (SSSR count). The van der Waals surface area contributed by atoms with E-state index in [0.717, 1.165) is 5.56 Å². The van der Waals surface area contributed by atoms with Crippen LogP contribution < -0.4 is 14.8 Å². The summed E-state index contributed by atoms with van der Waals surface area (Å²) < 4.78 is 15.3. The molecule has 0 saturated heterocycles. The largest absolute Gasteiger partial charge is 0.493 e. The molecule has 1 heterocycles. The average Bonchev–Trinajstić information content (AvgIpc) is 2.89. The molecule has 21 heavy (non-hydrogen) atoms. The molecule has 0 radical (unpaired) electrons. The average molecular weight is 290 g/mol. The first kappa shape index (κ1) is 14.9. The maximum atomic E-state index is 11.8. The molecule has 0 bridgehead atoms. The van der Waals surface area contributed by atoms with Gasteiger partial charge in [-0.3, -0.25) is 4.79 Å². The van der Waals surface area contributed by atoms with E-state index < -0.39 is 0 Å². The number of benzene rings is 1. The minimum Gasteiger partial charge on any atom is -0.493 e. The van der Waals surface area contributed by atoms with E-state index in [-0.39, 0.29) is 5.91 Å². The Morgan fingerprint density at radius 3 is 2.62 bits per heavy atom. The lowest BCUT2D eigenvalue weighted by Crippen LogP contribution is -2.12. The van der Waals surface area contributed by atoms with Gasteiger partial charge < -0.3 is 19.3 Å². The Kier molecular flexibility index (Phi) is 4.81. The molecule has 2 aromatic rings. The first-order valence-electron chi connectivity index (χ1n) is 6.56. The SMILES string of the molecule is COc1ccc(CCC(=O)Nc2cc(C)on2)cc1OC. The van der Waals surface area contributed by atoms with E-state index >= 15 is 0 Å². The van der Waals surface area contributed by atoms with Crippen LogP contribution >= 0.6 is 0 Å². The molecular weight excluding hydrogens is 272 g/mol. The normalized spacial score (nSPS) is 10.2. The molecule has 0 spiro atoms. The van der Waals surface area contributed by atoms with Crippen LogP contribution in [0.1, 0.15) is 17.7 Å². The molecule has 0 saturated carbocycles. The van der Waals surface area contributed by atoms with Crippen LogP contribution in [-0.4, -0.2) is 25.3 Å². The number of rotatable bonds is 6. The van der Waals surface area contributed by atoms with Crippen LogP contribution in [0.3, 0.4) is 0 Å². The highest BCUT2D eigenvalue weighted by Crippen LogP contribution is 2.27. The van der Waals surface area contributed by atoms with Crippen LogP contribution in [0.25, 0.3) is 0 Å². The van der Waals surface area contributed by atoms with Gasteiger partial charge in [-0.2, -0.15) is 0 Å². The van der Waals surface area contributed by atoms with Crippen molar-refractivity contribution in [2.75, 3.05) is 19.5 Å². The maximum absolute atomic E-state index is 11.8. The number of aryl methyl sites for hydroxylation is 2. The Morgan fingerprint density at radius 1 is 1.24 bits per heavy atom. The molecule has 0 fully saturated rings. The van der Waals surface area contributed by atoms with Crippen molar-refractivity contribution in [2.24, 2.45) is 0 Å². The monoisotopic (exact) mass is 290 g/mol. The van der Waals surface area contributed by atoms with E-state index in [1.165, 1.54) is 0 Å². The minimum atomic E-state index is -0.113. The first-order valence-corrected chi connectivity index (χ1v) is 6.56. The number of nitrogens with one attached hydrogen (secondary N) is 1. The van der Waals surface area contributed by atoms with Gasteiger partial charge in [0.15, 0.2) is 17.3 Å². The number of ether oxygens (including phenoxy) is 2. The summed E-state index contributed by atoms with van der Waals surface area (Å²) in [6.07, 6.45) is 0.949. The number of carbonyl (C=O) groups is 1. The zero-order valence-corrected chi connectivity index (χ0v) is 12.3. The summed E-state index contributed by atoms with van der Waals surface area (Å²) in [4.78, 5) is 11.8. The number of hydrogen-bond donors (Lipinski definition) is 1. The van der Waals surface area contributed by atoms with Crippen molar-refractivity contribution in [1.82, 2.24) is 5.16 Å². The molecule has 0 aliphatic carbocycles. The Morgan fingerprint density at radius 2 is 2.00 bits per heavy atom. The number of aromatic nitrogens is 1. The number of anilines is 1. The maximum Gasteiger partial charge on any atom is 0.225 e. The Bertz CT molecular complexity index is 622. The fourth-order valence-electron chi connectivity index (χ4n) is 1.92. The minimum absolute atomic E-state index is 0.113. The van der Waals surface area contributed by atoms with Crippen LogP contribution in [0.15, 0.2) is 28.8 Å². The van der Waals surface area contributed by atoms with Crippen LogP contribution in [0.5, 0.6) is 11.5 Å². The van der Waals surface area contributed by atoms with Gasteiger partial charge in [-0.1, -0.05) is 11.2 Å². The van der Waals surface area contributed by atoms with Crippen molar-refractivity contribution in [1.29, 1.82) is 0 Å². The standard InChI is InChI=1S/C15H18N2O4/c1-10-8-14(17-21-10)16-15(18)7-5-11-4-6-12(19-2)13(9-11)20-3/h4,6,8-9H,5,7H2,1-3H3,(H,16,17,18). The van der Waals surface area contributed by atoms with Gasteiger partial charge in [-0.05, 0) is 31.0 Å². The summed E-state index contributed by atoms with van der Waals surface area (Å²) in [6, 6.07) is 7.28. The number of carbonyl (C=O) groups excluding carboxylic acids is 1. The summed E-state index contributed by atoms with van der Waals surface area (Å²) in [5.74, 6) is 2.30. The quantitative estimate of drug-likeness (QED) is 0.885. The second kappa shape index (κ2) is 6.78. The predicted molar refractivity (Wildman–Crippen MR) is 77.7 cm³/mol. The molecule has 1 aromatic heterocycles. The third-order valence-corrected chi connectivity index (χ3v) is 2.98. The number of amides is 1. The lowest BCUT2D eigenvalue weighted by molar-refractivity contribution is -0.116. The van der Waals surface area contributed by atoms with E-state index in [4.69, 9.17) is 14.0 Å². The van der Waals surface area contributed by atoms with E-state index in [9.17, 15) is 4.79 Å². The van der Waals surface area contributed by atoms with Crippen molar-refractivity contribution in [2.45, 2.75) is 19.8 Å². The summed E-state index contributed by atoms with van der Waals surface area (Å²) in [5.41, 5.74) is 0.999. The van der Waals surface area contributed by atoms with Gasteiger partial charge in [-0.25, -0.2) is 0 Å². The van der Waals surface area contributed by atoms with Crippen LogP contribution in [-0.2, 0) is 11.2 Å². The molecule has 112 valence electrons. The molecule has 6 heteroatoms. The summed E-state index contributed by atoms with van der Waals surface area (Å²) in [5, 5.41) is 6.40. The van der Waals surface area contributed by atoms with E-state index in [2.05, 4.69) is 10.5 Å². The van der Waals surface area contributed by atoms with Gasteiger partial charge in [0.25, 0.3) is 0 Å². The highest BCUT2D eigenvalue weighted by Gasteiger charge is 2.08. The first-order chi connectivity index (χ1) is 10.1. The molecule has 0 atom stereocenters. The van der Waals surface area contributed by atoms with Crippen molar-refractivity contribution in [3.05, 3.63) is 35.6 Å². The smallest absolute Gasteiger partial charge is 0.225 e. The van der Waals surface area contributed by atoms with Crippen molar-refractivity contribution in [3.63, 3.8) is 0 Å². The fourth-order valence-corrected chi connectivity index (χ4v) is 1.92. The van der Waals surface area contributed by atoms with Crippen molar-refractivity contribution in [3.8, 4) is 11.5 Å². The summed E-state index contributed by atoms with van der Waals surface area (Å²) in [6.45, 7) is 1.77. The van der Waals surface area contributed by atoms with Crippen LogP contribution in [0, 0.1) is 6.92 Å². The predicted octanol–water partition coefficient (Wildman–Crippen LogP) is 2.57. The van der Waals surface area contributed by atoms with Crippen LogP contribution in [0.2, 0.25) is 0 Å². The van der Waals surface area contributed by atoms with Gasteiger partial charge in [-0.15, -0.1) is 0 Å². The topological polar surface area (TPSA) is 73.6 Å². The van der Waals surface area contributed by atoms with E-state index in [1.807, 2.05) is 18.2 Å².